The van der Waals surface area contributed by atoms with Gasteiger partial charge >= 0.3 is 13.8 Å². The second kappa shape index (κ2) is 52.6. The van der Waals surface area contributed by atoms with Gasteiger partial charge in [0, 0.05) is 12.8 Å². The van der Waals surface area contributed by atoms with Crippen molar-refractivity contribution in [3.63, 3.8) is 0 Å². The van der Waals surface area contributed by atoms with Gasteiger partial charge in [-0.25, -0.2) is 4.57 Å². The monoisotopic (exact) mass is 1040 g/mol. The van der Waals surface area contributed by atoms with Crippen molar-refractivity contribution >= 4 is 19.7 Å². The number of esters is 1. The van der Waals surface area contributed by atoms with Crippen molar-refractivity contribution < 1.29 is 37.3 Å². The summed E-state index contributed by atoms with van der Waals surface area (Å²) in [5, 5.41) is 3.03. The van der Waals surface area contributed by atoms with Crippen LogP contribution in [0, 0.1) is 0 Å². The average Bonchev–Trinajstić information content (AvgIpc) is 3.35. The van der Waals surface area contributed by atoms with Gasteiger partial charge in [-0.1, -0.05) is 215 Å². The molecule has 9 nitrogen and oxygen atoms in total. The van der Waals surface area contributed by atoms with E-state index in [0.717, 1.165) is 109 Å². The summed E-state index contributed by atoms with van der Waals surface area (Å²) >= 11 is 0. The van der Waals surface area contributed by atoms with E-state index in [-0.39, 0.29) is 31.5 Å². The third-order valence-electron chi connectivity index (χ3n) is 12.8. The summed E-state index contributed by atoms with van der Waals surface area (Å²) in [5.41, 5.74) is 0. The summed E-state index contributed by atoms with van der Waals surface area (Å²) in [4.78, 5) is 37.6. The van der Waals surface area contributed by atoms with Crippen molar-refractivity contribution in [3.8, 4) is 0 Å². The summed E-state index contributed by atoms with van der Waals surface area (Å²) in [6, 6.07) is -0.869. The topological polar surface area (TPSA) is 111 Å². The molecule has 0 aliphatic rings. The Kier molecular flexibility index (Phi) is 50.6. The third-order valence-corrected chi connectivity index (χ3v) is 13.8. The molecule has 0 saturated heterocycles. The van der Waals surface area contributed by atoms with Crippen molar-refractivity contribution in [2.45, 2.75) is 264 Å². The zero-order chi connectivity index (χ0) is 53.6. The SMILES string of the molecule is CCCCC/C=C\C/C=C\C/C=C\CCCCCCCCC(=O)OC(/C=C/CCCCCCCCCCC)C(COP(=O)(O)OCC[N+](C)(C)C)NC(=O)CCCCCC/C=C\C/C=C\C/C=C\CCCCC. The molecule has 3 unspecified atom stereocenters. The van der Waals surface area contributed by atoms with E-state index in [4.69, 9.17) is 13.8 Å². The predicted molar refractivity (Wildman–Crippen MR) is 314 cm³/mol. The van der Waals surface area contributed by atoms with Gasteiger partial charge in [-0.2, -0.15) is 0 Å². The molecule has 10 heteroatoms. The molecule has 0 saturated carbocycles. The Labute approximate surface area is 450 Å². The van der Waals surface area contributed by atoms with Crippen LogP contribution in [-0.4, -0.2) is 74.3 Å². The fraction of sp³-hybridized carbons (Fsp3) is 0.746. The highest BCUT2D eigenvalue weighted by Crippen LogP contribution is 2.43. The van der Waals surface area contributed by atoms with Gasteiger partial charge in [0.1, 0.15) is 19.3 Å². The Morgan fingerprint density at radius 1 is 0.479 bits per heavy atom. The minimum atomic E-state index is -4.46. The highest BCUT2D eigenvalue weighted by molar-refractivity contribution is 7.47. The van der Waals surface area contributed by atoms with Gasteiger partial charge < -0.3 is 19.4 Å². The minimum Gasteiger partial charge on any atom is -0.456 e. The molecule has 0 rings (SSSR count). The molecule has 0 aromatic carbocycles. The van der Waals surface area contributed by atoms with E-state index < -0.39 is 20.0 Å². The maximum atomic E-state index is 13.5. The lowest BCUT2D eigenvalue weighted by atomic mass is 10.1. The number of hydrogen-bond acceptors (Lipinski definition) is 6. The summed E-state index contributed by atoms with van der Waals surface area (Å²) in [6.07, 6.45) is 68.6. The van der Waals surface area contributed by atoms with Crippen molar-refractivity contribution in [2.24, 2.45) is 0 Å². The number of rotatable bonds is 53. The number of hydrogen-bond donors (Lipinski definition) is 2. The molecular weight excluding hydrogens is 928 g/mol. The second-order valence-corrected chi connectivity index (χ2v) is 22.6. The highest BCUT2D eigenvalue weighted by atomic mass is 31.2. The lowest BCUT2D eigenvalue weighted by Crippen LogP contribution is -2.47. The van der Waals surface area contributed by atoms with Crippen LogP contribution in [0.15, 0.2) is 85.1 Å². The minimum absolute atomic E-state index is 0.0297. The molecular formula is C63H114N2O7P+. The van der Waals surface area contributed by atoms with Gasteiger partial charge in [-0.15, -0.1) is 0 Å². The molecule has 422 valence electrons. The lowest BCUT2D eigenvalue weighted by molar-refractivity contribution is -0.870. The van der Waals surface area contributed by atoms with Crippen LogP contribution in [0.5, 0.6) is 0 Å². The van der Waals surface area contributed by atoms with Gasteiger partial charge in [0.05, 0.1) is 33.8 Å². The number of phosphoric acid groups is 1. The van der Waals surface area contributed by atoms with Crippen molar-refractivity contribution in [1.82, 2.24) is 5.32 Å². The van der Waals surface area contributed by atoms with Crippen LogP contribution in [-0.2, 0) is 27.9 Å². The van der Waals surface area contributed by atoms with Crippen LogP contribution in [0.4, 0.5) is 0 Å². The quantitative estimate of drug-likeness (QED) is 0.0205. The highest BCUT2D eigenvalue weighted by Gasteiger charge is 2.30. The number of unbranched alkanes of at least 4 members (excludes halogenated alkanes) is 25. The molecule has 0 radical (unpaired) electrons. The van der Waals surface area contributed by atoms with E-state index in [9.17, 15) is 19.0 Å². The van der Waals surface area contributed by atoms with Crippen LogP contribution in [0.25, 0.3) is 0 Å². The number of quaternary nitrogens is 1. The van der Waals surface area contributed by atoms with E-state index in [1.54, 1.807) is 0 Å². The van der Waals surface area contributed by atoms with Crippen LogP contribution in [0.1, 0.15) is 252 Å². The largest absolute Gasteiger partial charge is 0.472 e. The standard InChI is InChI=1S/C63H113N2O7P/c1-7-10-13-16-19-22-25-27-29-31-32-34-36-38-41-44-47-50-53-56-63(67)72-61(54-51-48-45-42-39-24-21-18-15-12-9-3)60(59-71-73(68,69)70-58-57-65(4,5)6)64-62(66)55-52-49-46-43-40-37-35-33-30-28-26-23-20-17-14-11-8-2/h19-20,22-23,27-30,32,34-35,37,51,54,60-61H,7-18,21,24-26,31,33,36,38-50,52-53,55-59H2,1-6H3,(H-,64,66,68,69)/p+1/b22-19-,23-20-,29-27-,30-28-,34-32-,37-35-,54-51+. The van der Waals surface area contributed by atoms with Crippen molar-refractivity contribution in [2.75, 3.05) is 40.9 Å². The normalized spacial score (nSPS) is 14.3. The summed E-state index contributed by atoms with van der Waals surface area (Å²) in [7, 11) is 1.46. The third kappa shape index (κ3) is 53.8. The van der Waals surface area contributed by atoms with Gasteiger partial charge in [-0.05, 0) is 109 Å². The van der Waals surface area contributed by atoms with E-state index in [2.05, 4.69) is 99.0 Å². The van der Waals surface area contributed by atoms with E-state index in [1.807, 2.05) is 33.3 Å². The van der Waals surface area contributed by atoms with Gasteiger partial charge in [0.15, 0.2) is 0 Å². The maximum absolute atomic E-state index is 13.5. The van der Waals surface area contributed by atoms with Crippen LogP contribution in [0.3, 0.4) is 0 Å². The fourth-order valence-corrected chi connectivity index (χ4v) is 8.86. The van der Waals surface area contributed by atoms with Crippen molar-refractivity contribution in [1.29, 1.82) is 0 Å². The molecule has 1 amide bonds. The van der Waals surface area contributed by atoms with E-state index in [0.29, 0.717) is 17.4 Å². The number of carbonyl (C=O) groups excluding carboxylic acids is 2. The Hall–Kier alpha value is -2.81. The second-order valence-electron chi connectivity index (χ2n) is 21.2. The number of nitrogens with zero attached hydrogens (tertiary/aromatic N) is 1. The first-order valence-electron chi connectivity index (χ1n) is 29.9. The molecule has 0 aromatic heterocycles. The van der Waals surface area contributed by atoms with E-state index >= 15 is 0 Å². The van der Waals surface area contributed by atoms with Gasteiger partial charge in [-0.3, -0.25) is 18.6 Å². The molecule has 0 heterocycles. The molecule has 0 aliphatic heterocycles. The summed E-state index contributed by atoms with van der Waals surface area (Å²) in [5.74, 6) is -0.548. The number of nitrogens with one attached hydrogen (secondary N) is 1. The Balaban J connectivity index is 5.34. The molecule has 3 atom stereocenters. The molecule has 0 aromatic rings. The first-order valence-corrected chi connectivity index (χ1v) is 31.4. The molecule has 0 aliphatic carbocycles. The Morgan fingerprint density at radius 3 is 1.27 bits per heavy atom. The van der Waals surface area contributed by atoms with Gasteiger partial charge in [0.25, 0.3) is 0 Å². The van der Waals surface area contributed by atoms with Crippen LogP contribution in [0.2, 0.25) is 0 Å². The zero-order valence-electron chi connectivity index (χ0n) is 48.1. The number of phosphoric ester groups is 1. The van der Waals surface area contributed by atoms with E-state index in [1.165, 1.54) is 109 Å². The fourth-order valence-electron chi connectivity index (χ4n) is 8.13. The number of amides is 1. The molecule has 0 fully saturated rings. The average molecular weight is 1040 g/mol. The van der Waals surface area contributed by atoms with Crippen molar-refractivity contribution in [3.05, 3.63) is 85.1 Å². The zero-order valence-corrected chi connectivity index (χ0v) is 49.0. The lowest BCUT2D eigenvalue weighted by Gasteiger charge is -2.27. The van der Waals surface area contributed by atoms with Crippen LogP contribution < -0.4 is 5.32 Å². The smallest absolute Gasteiger partial charge is 0.456 e. The predicted octanol–water partition coefficient (Wildman–Crippen LogP) is 18.2. The first kappa shape index (κ1) is 70.2. The Bertz CT molecular complexity index is 1530. The molecule has 0 spiro atoms. The number of ether oxygens (including phenoxy) is 1. The molecule has 2 N–H and O–H groups in total. The van der Waals surface area contributed by atoms with Gasteiger partial charge in [0.2, 0.25) is 5.91 Å². The number of allylic oxidation sites excluding steroid dienone is 13. The Morgan fingerprint density at radius 2 is 0.836 bits per heavy atom. The summed E-state index contributed by atoms with van der Waals surface area (Å²) < 4.78 is 30.6. The van der Waals surface area contributed by atoms with Crippen LogP contribution >= 0.6 is 7.82 Å². The number of carbonyl (C=O) groups is 2. The summed E-state index contributed by atoms with van der Waals surface area (Å²) in [6.45, 7) is 6.92. The first-order chi connectivity index (χ1) is 35.4. The number of likely N-dealkylation sites (N-methyl/N-ethyl adjacent to an activating group) is 1. The molecule has 0 bridgehead atoms. The molecule has 73 heavy (non-hydrogen) atoms. The maximum Gasteiger partial charge on any atom is 0.472 e.